The van der Waals surface area contributed by atoms with Gasteiger partial charge in [-0.2, -0.15) is 0 Å². The fraction of sp³-hybridized carbons (Fsp3) is 0.889. The molecule has 0 radical (unpaired) electrons. The maximum Gasteiger partial charge on any atom is 0.307 e. The van der Waals surface area contributed by atoms with Crippen molar-refractivity contribution in [2.24, 2.45) is 0 Å². The summed E-state index contributed by atoms with van der Waals surface area (Å²) in [5.74, 6) is 0.0505. The Labute approximate surface area is 141 Å². The van der Waals surface area contributed by atoms with Crippen molar-refractivity contribution in [2.45, 2.75) is 84.3 Å². The van der Waals surface area contributed by atoms with E-state index in [0.29, 0.717) is 18.9 Å². The van der Waals surface area contributed by atoms with E-state index in [2.05, 4.69) is 17.1 Å². The molecule has 1 aliphatic heterocycles. The van der Waals surface area contributed by atoms with Gasteiger partial charge >= 0.3 is 5.97 Å². The van der Waals surface area contributed by atoms with Crippen LogP contribution >= 0.6 is 0 Å². The number of likely N-dealkylation sites (tertiary alicyclic amines) is 1. The van der Waals surface area contributed by atoms with Crippen LogP contribution in [-0.2, 0) is 14.3 Å². The second-order valence-corrected chi connectivity index (χ2v) is 7.48. The van der Waals surface area contributed by atoms with Crippen molar-refractivity contribution in [3.05, 3.63) is 0 Å². The number of nitrogens with zero attached hydrogens (tertiary/aromatic N) is 1. The molecular formula is C18H34N2O3. The first kappa shape index (κ1) is 19.9. The third kappa shape index (κ3) is 9.59. The van der Waals surface area contributed by atoms with Gasteiger partial charge in [-0.3, -0.25) is 9.59 Å². The van der Waals surface area contributed by atoms with E-state index < -0.39 is 5.60 Å². The van der Waals surface area contributed by atoms with Crippen LogP contribution in [0.3, 0.4) is 0 Å². The highest BCUT2D eigenvalue weighted by Gasteiger charge is 2.22. The fourth-order valence-electron chi connectivity index (χ4n) is 2.78. The second kappa shape index (κ2) is 9.91. The third-order valence-electron chi connectivity index (χ3n) is 4.01. The zero-order valence-electron chi connectivity index (χ0n) is 15.3. The molecule has 1 fully saturated rings. The van der Waals surface area contributed by atoms with Crippen LogP contribution in [0.4, 0.5) is 0 Å². The van der Waals surface area contributed by atoms with Crippen LogP contribution in [0.2, 0.25) is 0 Å². The number of hydrogen-bond acceptors (Lipinski definition) is 4. The maximum absolute atomic E-state index is 11.8. The number of carbonyl (C=O) groups excluding carboxylic acids is 2. The molecule has 1 aliphatic rings. The third-order valence-corrected chi connectivity index (χ3v) is 4.01. The molecule has 1 amide bonds. The Kier molecular flexibility index (Phi) is 8.59. The minimum atomic E-state index is -0.411. The molecule has 0 aromatic heterocycles. The molecule has 0 bridgehead atoms. The van der Waals surface area contributed by atoms with Crippen molar-refractivity contribution < 1.29 is 14.3 Å². The van der Waals surface area contributed by atoms with Gasteiger partial charge in [0.1, 0.15) is 5.60 Å². The average molecular weight is 326 g/mol. The van der Waals surface area contributed by atoms with Crippen molar-refractivity contribution in [3.63, 3.8) is 0 Å². The van der Waals surface area contributed by atoms with E-state index in [1.165, 1.54) is 0 Å². The van der Waals surface area contributed by atoms with Gasteiger partial charge in [-0.25, -0.2) is 0 Å². The molecule has 5 heteroatoms. The molecule has 134 valence electrons. The number of hydrogen-bond donors (Lipinski definition) is 1. The molecule has 0 unspecified atom stereocenters. The Bertz CT molecular complexity index is 369. The second-order valence-electron chi connectivity index (χ2n) is 7.48. The Hall–Kier alpha value is -1.10. The predicted molar refractivity (Wildman–Crippen MR) is 92.2 cm³/mol. The van der Waals surface area contributed by atoms with Gasteiger partial charge in [0.05, 0.1) is 6.42 Å². The lowest BCUT2D eigenvalue weighted by Crippen LogP contribution is -2.45. The van der Waals surface area contributed by atoms with E-state index in [0.717, 1.165) is 51.7 Å². The molecule has 1 rings (SSSR count). The Morgan fingerprint density at radius 3 is 2.35 bits per heavy atom. The smallest absolute Gasteiger partial charge is 0.307 e. The summed E-state index contributed by atoms with van der Waals surface area (Å²) in [6.07, 6.45) is 6.26. The Morgan fingerprint density at radius 1 is 1.13 bits per heavy atom. The molecule has 0 saturated carbocycles. The summed E-state index contributed by atoms with van der Waals surface area (Å²) < 4.78 is 5.33. The van der Waals surface area contributed by atoms with Crippen LogP contribution in [0.5, 0.6) is 0 Å². The minimum Gasteiger partial charge on any atom is -0.460 e. The van der Waals surface area contributed by atoms with E-state index in [-0.39, 0.29) is 11.9 Å². The lowest BCUT2D eigenvalue weighted by atomic mass is 10.0. The standard InChI is InChI=1S/C18H34N2O3/c1-5-6-7-8-16(21)19-15-9-12-20(13-10-15)14-11-17(22)23-18(2,3)4/h15H,5-14H2,1-4H3,(H,19,21). The molecule has 23 heavy (non-hydrogen) atoms. The van der Waals surface area contributed by atoms with Crippen molar-refractivity contribution in [2.75, 3.05) is 19.6 Å². The van der Waals surface area contributed by atoms with Gasteiger partial charge in [-0.15, -0.1) is 0 Å². The molecule has 1 N–H and O–H groups in total. The maximum atomic E-state index is 11.8. The molecule has 1 saturated heterocycles. The SMILES string of the molecule is CCCCCC(=O)NC1CCN(CCC(=O)OC(C)(C)C)CC1. The van der Waals surface area contributed by atoms with Crippen LogP contribution in [0.25, 0.3) is 0 Å². The summed E-state index contributed by atoms with van der Waals surface area (Å²) in [6, 6.07) is 0.293. The molecule has 5 nitrogen and oxygen atoms in total. The lowest BCUT2D eigenvalue weighted by molar-refractivity contribution is -0.155. The van der Waals surface area contributed by atoms with Gasteiger partial charge in [-0.1, -0.05) is 19.8 Å². The van der Waals surface area contributed by atoms with Crippen LogP contribution in [-0.4, -0.2) is 48.1 Å². The van der Waals surface area contributed by atoms with E-state index in [9.17, 15) is 9.59 Å². The van der Waals surface area contributed by atoms with Crippen molar-refractivity contribution in [1.82, 2.24) is 10.2 Å². The quantitative estimate of drug-likeness (QED) is 0.550. The van der Waals surface area contributed by atoms with Crippen molar-refractivity contribution in [1.29, 1.82) is 0 Å². The average Bonchev–Trinajstić information content (AvgIpc) is 2.45. The lowest BCUT2D eigenvalue weighted by Gasteiger charge is -2.32. The Balaban J connectivity index is 2.15. The van der Waals surface area contributed by atoms with E-state index in [1.54, 1.807) is 0 Å². The van der Waals surface area contributed by atoms with Gasteiger partial charge in [0.15, 0.2) is 0 Å². The highest BCUT2D eigenvalue weighted by Crippen LogP contribution is 2.13. The van der Waals surface area contributed by atoms with E-state index in [1.807, 2.05) is 20.8 Å². The predicted octanol–water partition coefficient (Wildman–Crippen LogP) is 2.88. The summed E-state index contributed by atoms with van der Waals surface area (Å²) in [5.41, 5.74) is -0.411. The zero-order valence-corrected chi connectivity index (χ0v) is 15.3. The first-order chi connectivity index (χ1) is 10.8. The number of amides is 1. The number of esters is 1. The van der Waals surface area contributed by atoms with Gasteiger partial charge < -0.3 is 15.0 Å². The zero-order chi connectivity index (χ0) is 17.3. The van der Waals surface area contributed by atoms with Crippen molar-refractivity contribution in [3.8, 4) is 0 Å². The van der Waals surface area contributed by atoms with Gasteiger partial charge in [0, 0.05) is 32.1 Å². The first-order valence-electron chi connectivity index (χ1n) is 9.03. The Morgan fingerprint density at radius 2 is 1.78 bits per heavy atom. The topological polar surface area (TPSA) is 58.6 Å². The number of piperidine rings is 1. The normalized spacial score (nSPS) is 17.0. The number of nitrogens with one attached hydrogen (secondary N) is 1. The summed E-state index contributed by atoms with van der Waals surface area (Å²) in [7, 11) is 0. The molecule has 1 heterocycles. The molecule has 0 aromatic carbocycles. The minimum absolute atomic E-state index is 0.135. The van der Waals surface area contributed by atoms with Crippen LogP contribution in [0.15, 0.2) is 0 Å². The molecular weight excluding hydrogens is 292 g/mol. The number of ether oxygens (including phenoxy) is 1. The molecule has 0 spiro atoms. The summed E-state index contributed by atoms with van der Waals surface area (Å²) >= 11 is 0. The van der Waals surface area contributed by atoms with Gasteiger partial charge in [0.2, 0.25) is 5.91 Å². The van der Waals surface area contributed by atoms with E-state index in [4.69, 9.17) is 4.74 Å². The highest BCUT2D eigenvalue weighted by atomic mass is 16.6. The molecule has 0 atom stereocenters. The van der Waals surface area contributed by atoms with Crippen molar-refractivity contribution >= 4 is 11.9 Å². The first-order valence-corrected chi connectivity index (χ1v) is 9.03. The summed E-state index contributed by atoms with van der Waals surface area (Å²) in [5, 5.41) is 3.14. The molecule has 0 aromatic rings. The summed E-state index contributed by atoms with van der Waals surface area (Å²) in [4.78, 5) is 25.8. The van der Waals surface area contributed by atoms with Gasteiger partial charge in [0.25, 0.3) is 0 Å². The highest BCUT2D eigenvalue weighted by molar-refractivity contribution is 5.76. The molecule has 0 aliphatic carbocycles. The monoisotopic (exact) mass is 326 g/mol. The number of unbranched alkanes of at least 4 members (excludes halogenated alkanes) is 2. The number of rotatable bonds is 8. The summed E-state index contributed by atoms with van der Waals surface area (Å²) in [6.45, 7) is 10.4. The fourth-order valence-corrected chi connectivity index (χ4v) is 2.78. The van der Waals surface area contributed by atoms with Crippen LogP contribution < -0.4 is 5.32 Å². The van der Waals surface area contributed by atoms with Crippen LogP contribution in [0.1, 0.15) is 72.6 Å². The van der Waals surface area contributed by atoms with E-state index >= 15 is 0 Å². The largest absolute Gasteiger partial charge is 0.460 e. The van der Waals surface area contributed by atoms with Gasteiger partial charge in [-0.05, 0) is 40.0 Å². The van der Waals surface area contributed by atoms with Crippen LogP contribution in [0, 0.1) is 0 Å². The number of carbonyl (C=O) groups is 2.